The van der Waals surface area contributed by atoms with Crippen LogP contribution in [0.15, 0.2) is 132 Å². The van der Waals surface area contributed by atoms with Crippen LogP contribution in [0.3, 0.4) is 0 Å². The molecule has 2 aromatic heterocycles. The number of nitrogens with zero attached hydrogens (tertiary/aromatic N) is 2. The Morgan fingerprint density at radius 3 is 2.04 bits per heavy atom. The third kappa shape index (κ3) is 6.40. The van der Waals surface area contributed by atoms with E-state index < -0.39 is 17.7 Å². The Hall–Kier alpha value is -5.41. The number of fused-ring (bicyclic) bond motifs is 4. The maximum absolute atomic E-state index is 9.69. The Morgan fingerprint density at radius 2 is 1.32 bits per heavy atom. The van der Waals surface area contributed by atoms with Gasteiger partial charge in [-0.3, -0.25) is 4.57 Å². The highest BCUT2D eigenvalue weighted by Crippen LogP contribution is 2.51. The molecule has 0 amide bonds. The van der Waals surface area contributed by atoms with Crippen molar-refractivity contribution in [3.05, 3.63) is 144 Å². The van der Waals surface area contributed by atoms with Crippen molar-refractivity contribution in [3.8, 4) is 39.3 Å². The molecule has 0 saturated heterocycles. The molecule has 2 heterocycles. The zero-order chi connectivity index (χ0) is 41.4. The molecule has 57 heavy (non-hydrogen) atoms. The van der Waals surface area contributed by atoms with Gasteiger partial charge in [0.05, 0.1) is 22.3 Å². The summed E-state index contributed by atoms with van der Waals surface area (Å²) in [5.41, 5.74) is 12.4. The minimum Gasteiger partial charge on any atom is -0.455 e. The zero-order valence-corrected chi connectivity index (χ0v) is 33.8. The Bertz CT molecular complexity index is 2840. The largest absolute Gasteiger partial charge is 0.455 e. The van der Waals surface area contributed by atoms with Crippen molar-refractivity contribution in [2.45, 2.75) is 103 Å². The van der Waals surface area contributed by atoms with E-state index in [0.717, 1.165) is 109 Å². The van der Waals surface area contributed by atoms with Crippen LogP contribution >= 0.6 is 0 Å². The fraction of sp³-hybridized carbons (Fsp3) is 0.315. The van der Waals surface area contributed by atoms with Crippen molar-refractivity contribution < 1.29 is 8.53 Å². The Balaban J connectivity index is 1.12. The summed E-state index contributed by atoms with van der Waals surface area (Å²) in [5, 5.41) is 2.05. The van der Waals surface area contributed by atoms with E-state index in [2.05, 4.69) is 108 Å². The molecule has 0 atom stereocenters. The van der Waals surface area contributed by atoms with Crippen LogP contribution in [0.4, 0.5) is 0 Å². The number of para-hydroxylation sites is 3. The van der Waals surface area contributed by atoms with Gasteiger partial charge in [-0.2, -0.15) is 0 Å². The molecule has 2 aliphatic carbocycles. The van der Waals surface area contributed by atoms with Crippen LogP contribution in [0.1, 0.15) is 124 Å². The van der Waals surface area contributed by atoms with Crippen molar-refractivity contribution in [2.24, 2.45) is 5.41 Å². The fourth-order valence-corrected chi connectivity index (χ4v) is 10.1. The van der Waals surface area contributed by atoms with Crippen molar-refractivity contribution >= 4 is 33.0 Å². The van der Waals surface area contributed by atoms with Crippen LogP contribution in [0, 0.1) is 5.41 Å². The standard InChI is InChI=1S/C54H54N2O/c1-35(2)46-32-42(39-22-20-38(21-23-39)40-26-30-54(31-27-40)28-11-6-12-29-54)33-47(36(3)4)51(46)56-49-19-10-9-18-48(49)55-53(56)45-17-13-16-44-43-25-24-41(34-50(43)57-52(44)45)37-14-7-5-8-15-37/h5,7-10,13-25,32-36,40H,6,11-12,26-31H2,1-4H3/i35D,36D,40D. The number of hydrogen-bond donors (Lipinski definition) is 0. The predicted octanol–water partition coefficient (Wildman–Crippen LogP) is 15.8. The van der Waals surface area contributed by atoms with E-state index in [0.29, 0.717) is 11.2 Å². The summed E-state index contributed by atoms with van der Waals surface area (Å²) in [6, 6.07) is 44.2. The van der Waals surface area contributed by atoms with Gasteiger partial charge in [-0.25, -0.2) is 4.98 Å². The molecule has 3 nitrogen and oxygen atoms in total. The average molecular weight is 750 g/mol. The van der Waals surface area contributed by atoms with Gasteiger partial charge in [-0.05, 0) is 143 Å². The van der Waals surface area contributed by atoms with Crippen LogP contribution in [-0.4, -0.2) is 9.55 Å². The number of hydrogen-bond acceptors (Lipinski definition) is 2. The maximum atomic E-state index is 9.69. The van der Waals surface area contributed by atoms with E-state index in [-0.39, 0.29) is 0 Å². The van der Waals surface area contributed by atoms with Crippen LogP contribution in [0.25, 0.3) is 72.3 Å². The molecule has 8 aromatic rings. The van der Waals surface area contributed by atoms with E-state index >= 15 is 0 Å². The monoisotopic (exact) mass is 749 g/mol. The highest BCUT2D eigenvalue weighted by Gasteiger charge is 2.36. The summed E-state index contributed by atoms with van der Waals surface area (Å²) < 4.78 is 38.0. The second-order valence-corrected chi connectivity index (χ2v) is 17.3. The molecule has 6 aromatic carbocycles. The highest BCUT2D eigenvalue weighted by molar-refractivity contribution is 6.10. The Morgan fingerprint density at radius 1 is 0.649 bits per heavy atom. The minimum atomic E-state index is -1.03. The van der Waals surface area contributed by atoms with E-state index in [9.17, 15) is 4.11 Å². The molecule has 2 aliphatic rings. The molecule has 2 saturated carbocycles. The summed E-state index contributed by atoms with van der Waals surface area (Å²) in [6.07, 6.45) is 10.9. The molecule has 0 unspecified atom stereocenters. The minimum absolute atomic E-state index is 0.467. The average Bonchev–Trinajstić information content (AvgIpc) is 3.83. The molecule has 1 spiro atoms. The first kappa shape index (κ1) is 32.7. The lowest BCUT2D eigenvalue weighted by molar-refractivity contribution is 0.114. The van der Waals surface area contributed by atoms with Crippen molar-refractivity contribution in [2.75, 3.05) is 0 Å². The third-order valence-corrected chi connectivity index (χ3v) is 13.3. The van der Waals surface area contributed by atoms with E-state index in [1.54, 1.807) is 0 Å². The van der Waals surface area contributed by atoms with Crippen LogP contribution in [0.5, 0.6) is 0 Å². The van der Waals surface area contributed by atoms with Crippen LogP contribution < -0.4 is 0 Å². The second kappa shape index (κ2) is 14.5. The third-order valence-electron chi connectivity index (χ3n) is 13.3. The fourth-order valence-electron chi connectivity index (χ4n) is 10.1. The molecule has 2 fully saturated rings. The lowest BCUT2D eigenvalue weighted by Crippen LogP contribution is -2.29. The molecular formula is C54H54N2O. The van der Waals surface area contributed by atoms with Gasteiger partial charge in [0.25, 0.3) is 0 Å². The molecule has 0 radical (unpaired) electrons. The van der Waals surface area contributed by atoms with Gasteiger partial charge in [0.2, 0.25) is 0 Å². The van der Waals surface area contributed by atoms with Crippen LogP contribution in [-0.2, 0) is 0 Å². The first-order chi connectivity index (χ1) is 28.8. The summed E-state index contributed by atoms with van der Waals surface area (Å²) in [4.78, 5) is 5.32. The normalized spacial score (nSPS) is 17.9. The maximum Gasteiger partial charge on any atom is 0.149 e. The smallest absolute Gasteiger partial charge is 0.149 e. The summed E-state index contributed by atoms with van der Waals surface area (Å²) in [6.45, 7) is 7.76. The topological polar surface area (TPSA) is 31.0 Å². The van der Waals surface area contributed by atoms with E-state index in [1.807, 2.05) is 52.0 Å². The van der Waals surface area contributed by atoms with Gasteiger partial charge in [-0.1, -0.05) is 132 Å². The first-order valence-corrected chi connectivity index (χ1v) is 21.1. The molecule has 10 rings (SSSR count). The van der Waals surface area contributed by atoms with E-state index in [4.69, 9.17) is 9.40 Å². The van der Waals surface area contributed by atoms with Gasteiger partial charge in [0.1, 0.15) is 17.0 Å². The number of benzene rings is 6. The number of aromatic nitrogens is 2. The molecular weight excluding hydrogens is 693 g/mol. The molecule has 3 heteroatoms. The Labute approximate surface area is 342 Å². The molecule has 0 bridgehead atoms. The van der Waals surface area contributed by atoms with Gasteiger partial charge in [0.15, 0.2) is 0 Å². The molecule has 0 N–H and O–H groups in total. The molecule has 286 valence electrons. The highest BCUT2D eigenvalue weighted by atomic mass is 16.3. The van der Waals surface area contributed by atoms with Crippen LogP contribution in [0.2, 0.25) is 0 Å². The second-order valence-electron chi connectivity index (χ2n) is 17.3. The summed E-state index contributed by atoms with van der Waals surface area (Å²) in [5.74, 6) is -1.91. The van der Waals surface area contributed by atoms with Gasteiger partial charge in [-0.15, -0.1) is 0 Å². The number of imidazole rings is 1. The van der Waals surface area contributed by atoms with Crippen molar-refractivity contribution in [3.63, 3.8) is 0 Å². The van der Waals surface area contributed by atoms with Gasteiger partial charge < -0.3 is 4.42 Å². The number of furan rings is 1. The predicted molar refractivity (Wildman–Crippen MR) is 240 cm³/mol. The van der Waals surface area contributed by atoms with Crippen molar-refractivity contribution in [1.82, 2.24) is 9.55 Å². The molecule has 0 aliphatic heterocycles. The SMILES string of the molecule is [2H]C(C)(C)c1cc(-c2ccc(C3([2H])CCC4(CCCCC4)CC3)cc2)cc(C([2H])(C)C)c1-n1c(-c2cccc3c2oc2cc(-c4ccccc4)ccc23)nc2ccccc21. The van der Waals surface area contributed by atoms with E-state index in [1.165, 1.54) is 32.1 Å². The summed E-state index contributed by atoms with van der Waals surface area (Å²) >= 11 is 0. The lowest BCUT2D eigenvalue weighted by atomic mass is 9.62. The Kier molecular flexibility index (Phi) is 8.31. The number of rotatable bonds is 7. The quantitative estimate of drug-likeness (QED) is 0.162. The van der Waals surface area contributed by atoms with Crippen molar-refractivity contribution in [1.29, 1.82) is 0 Å². The lowest BCUT2D eigenvalue weighted by Gasteiger charge is -2.43. The zero-order valence-electron chi connectivity index (χ0n) is 36.8. The van der Waals surface area contributed by atoms with Gasteiger partial charge in [0, 0.05) is 14.9 Å². The summed E-state index contributed by atoms with van der Waals surface area (Å²) in [7, 11) is 0. The first-order valence-electron chi connectivity index (χ1n) is 22.6. The van der Waals surface area contributed by atoms with Gasteiger partial charge >= 0.3 is 0 Å².